The number of carboxylic acids is 2. The Morgan fingerprint density at radius 1 is 1.14 bits per heavy atom. The molecule has 22 heavy (non-hydrogen) atoms. The van der Waals surface area contributed by atoms with Crippen molar-refractivity contribution in [1.29, 1.82) is 0 Å². The number of aromatic nitrogens is 3. The van der Waals surface area contributed by atoms with Crippen LogP contribution >= 0.6 is 0 Å². The molecule has 1 aromatic heterocycles. The van der Waals surface area contributed by atoms with Crippen molar-refractivity contribution < 1.29 is 19.8 Å². The molecule has 0 atom stereocenters. The number of carbonyl (C=O) groups is 2. The van der Waals surface area contributed by atoms with E-state index in [0.717, 1.165) is 0 Å². The largest absolute Gasteiger partial charge is 0.481 e. The van der Waals surface area contributed by atoms with Crippen LogP contribution in [0.1, 0.15) is 42.5 Å². The molecule has 0 aliphatic carbocycles. The van der Waals surface area contributed by atoms with E-state index in [1.807, 2.05) is 20.8 Å². The van der Waals surface area contributed by atoms with Crippen molar-refractivity contribution in [3.8, 4) is 5.69 Å². The van der Waals surface area contributed by atoms with Gasteiger partial charge in [-0.25, -0.2) is 9.48 Å². The first-order chi connectivity index (χ1) is 10.2. The summed E-state index contributed by atoms with van der Waals surface area (Å²) in [5, 5.41) is 25.7. The predicted molar refractivity (Wildman–Crippen MR) is 78.4 cm³/mol. The minimum Gasteiger partial charge on any atom is -0.481 e. The van der Waals surface area contributed by atoms with Crippen LogP contribution in [0.25, 0.3) is 5.69 Å². The molecular formula is C15H17N3O4. The van der Waals surface area contributed by atoms with Gasteiger partial charge in [-0.3, -0.25) is 4.79 Å². The van der Waals surface area contributed by atoms with E-state index < -0.39 is 17.4 Å². The summed E-state index contributed by atoms with van der Waals surface area (Å²) in [5.41, 5.74) is 1.25. The third-order valence-corrected chi connectivity index (χ3v) is 3.12. The number of rotatable bonds is 4. The molecule has 2 aromatic rings. The fraction of sp³-hybridized carbons (Fsp3) is 0.333. The fourth-order valence-corrected chi connectivity index (χ4v) is 2.21. The SMILES string of the molecule is CC(C)(C)c1c(C(=O)O)nnn1-c1ccc(CC(=O)O)cc1. The number of aliphatic carboxylic acids is 1. The highest BCUT2D eigenvalue weighted by atomic mass is 16.4. The summed E-state index contributed by atoms with van der Waals surface area (Å²) in [6, 6.07) is 6.76. The molecule has 0 spiro atoms. The van der Waals surface area contributed by atoms with Crippen LogP contribution in [0, 0.1) is 0 Å². The van der Waals surface area contributed by atoms with Gasteiger partial charge in [0, 0.05) is 5.41 Å². The second-order valence-corrected chi connectivity index (χ2v) is 5.99. The van der Waals surface area contributed by atoms with E-state index in [2.05, 4.69) is 10.3 Å². The molecule has 0 saturated heterocycles. The van der Waals surface area contributed by atoms with Gasteiger partial charge in [0.1, 0.15) is 0 Å². The molecule has 0 unspecified atom stereocenters. The Balaban J connectivity index is 2.49. The van der Waals surface area contributed by atoms with Crippen LogP contribution in [0.5, 0.6) is 0 Å². The Kier molecular flexibility index (Phi) is 3.99. The monoisotopic (exact) mass is 303 g/mol. The maximum atomic E-state index is 11.3. The number of aromatic carboxylic acids is 1. The number of hydrogen-bond donors (Lipinski definition) is 2. The summed E-state index contributed by atoms with van der Waals surface area (Å²) < 4.78 is 1.48. The molecule has 0 radical (unpaired) electrons. The fourth-order valence-electron chi connectivity index (χ4n) is 2.21. The minimum absolute atomic E-state index is 0.0653. The summed E-state index contributed by atoms with van der Waals surface area (Å²) in [5.74, 6) is -2.03. The zero-order valence-electron chi connectivity index (χ0n) is 12.6. The zero-order valence-corrected chi connectivity index (χ0v) is 12.6. The molecule has 1 heterocycles. The average Bonchev–Trinajstić information content (AvgIpc) is 2.83. The summed E-state index contributed by atoms with van der Waals surface area (Å²) >= 11 is 0. The van der Waals surface area contributed by atoms with Crippen molar-refractivity contribution in [3.63, 3.8) is 0 Å². The summed E-state index contributed by atoms with van der Waals surface area (Å²) in [4.78, 5) is 22.0. The van der Waals surface area contributed by atoms with Gasteiger partial charge in [-0.05, 0) is 17.7 Å². The van der Waals surface area contributed by atoms with E-state index in [4.69, 9.17) is 5.11 Å². The molecule has 0 amide bonds. The highest BCUT2D eigenvalue weighted by Gasteiger charge is 2.29. The number of carboxylic acid groups (broad SMARTS) is 2. The first kappa shape index (κ1) is 15.7. The molecule has 0 saturated carbocycles. The van der Waals surface area contributed by atoms with Crippen molar-refractivity contribution in [1.82, 2.24) is 15.0 Å². The van der Waals surface area contributed by atoms with Crippen LogP contribution < -0.4 is 0 Å². The molecule has 2 rings (SSSR count). The number of benzene rings is 1. The van der Waals surface area contributed by atoms with Crippen molar-refractivity contribution >= 4 is 11.9 Å². The van der Waals surface area contributed by atoms with Gasteiger partial charge >= 0.3 is 11.9 Å². The van der Waals surface area contributed by atoms with Gasteiger partial charge in [-0.15, -0.1) is 5.10 Å². The Morgan fingerprint density at radius 2 is 1.73 bits per heavy atom. The lowest BCUT2D eigenvalue weighted by atomic mass is 9.90. The summed E-state index contributed by atoms with van der Waals surface area (Å²) in [6.07, 6.45) is -0.0653. The number of hydrogen-bond acceptors (Lipinski definition) is 4. The molecule has 0 aliphatic heterocycles. The molecule has 2 N–H and O–H groups in total. The molecule has 0 aliphatic rings. The third kappa shape index (κ3) is 3.13. The molecule has 1 aromatic carbocycles. The van der Waals surface area contributed by atoms with Crippen LogP contribution in [0.2, 0.25) is 0 Å². The van der Waals surface area contributed by atoms with E-state index in [0.29, 0.717) is 16.9 Å². The lowest BCUT2D eigenvalue weighted by Crippen LogP contribution is -2.21. The van der Waals surface area contributed by atoms with E-state index in [1.54, 1.807) is 24.3 Å². The van der Waals surface area contributed by atoms with Gasteiger partial charge in [-0.1, -0.05) is 38.1 Å². The second-order valence-electron chi connectivity index (χ2n) is 5.99. The molecular weight excluding hydrogens is 286 g/mol. The lowest BCUT2D eigenvalue weighted by Gasteiger charge is -2.20. The van der Waals surface area contributed by atoms with Crippen LogP contribution in [0.3, 0.4) is 0 Å². The summed E-state index contributed by atoms with van der Waals surface area (Å²) in [7, 11) is 0. The lowest BCUT2D eigenvalue weighted by molar-refractivity contribution is -0.136. The second kappa shape index (κ2) is 5.59. The normalized spacial score (nSPS) is 11.4. The van der Waals surface area contributed by atoms with Crippen molar-refractivity contribution in [2.45, 2.75) is 32.6 Å². The standard InChI is InChI=1S/C15H17N3O4/c1-15(2,3)13-12(14(21)22)16-17-18(13)10-6-4-9(5-7-10)8-11(19)20/h4-7H,8H2,1-3H3,(H,19,20)(H,21,22). The number of nitrogens with zero attached hydrogens (tertiary/aromatic N) is 3. The van der Waals surface area contributed by atoms with E-state index in [-0.39, 0.29) is 12.1 Å². The van der Waals surface area contributed by atoms with E-state index in [1.165, 1.54) is 4.68 Å². The predicted octanol–water partition coefficient (Wildman–Crippen LogP) is 1.89. The first-order valence-electron chi connectivity index (χ1n) is 6.70. The van der Waals surface area contributed by atoms with Crippen molar-refractivity contribution in [2.24, 2.45) is 0 Å². The van der Waals surface area contributed by atoms with Gasteiger partial charge in [0.05, 0.1) is 17.8 Å². The Morgan fingerprint density at radius 3 is 2.18 bits per heavy atom. The molecule has 0 fully saturated rings. The molecule has 116 valence electrons. The van der Waals surface area contributed by atoms with E-state index in [9.17, 15) is 14.7 Å². The van der Waals surface area contributed by atoms with Gasteiger partial charge in [0.25, 0.3) is 0 Å². The van der Waals surface area contributed by atoms with Crippen molar-refractivity contribution in [2.75, 3.05) is 0 Å². The molecule has 0 bridgehead atoms. The maximum Gasteiger partial charge on any atom is 0.358 e. The maximum absolute atomic E-state index is 11.3. The van der Waals surface area contributed by atoms with Gasteiger partial charge in [0.2, 0.25) is 0 Å². The average molecular weight is 303 g/mol. The van der Waals surface area contributed by atoms with Gasteiger partial charge in [-0.2, -0.15) is 0 Å². The highest BCUT2D eigenvalue weighted by Crippen LogP contribution is 2.27. The first-order valence-corrected chi connectivity index (χ1v) is 6.70. The topological polar surface area (TPSA) is 105 Å². The molecule has 7 nitrogen and oxygen atoms in total. The Labute approximate surface area is 127 Å². The Bertz CT molecular complexity index is 711. The summed E-state index contributed by atoms with van der Waals surface area (Å²) in [6.45, 7) is 5.65. The van der Waals surface area contributed by atoms with Gasteiger partial charge in [0.15, 0.2) is 5.69 Å². The van der Waals surface area contributed by atoms with Crippen LogP contribution in [0.15, 0.2) is 24.3 Å². The quantitative estimate of drug-likeness (QED) is 0.893. The van der Waals surface area contributed by atoms with E-state index >= 15 is 0 Å². The third-order valence-electron chi connectivity index (χ3n) is 3.12. The van der Waals surface area contributed by atoms with Crippen LogP contribution in [0.4, 0.5) is 0 Å². The van der Waals surface area contributed by atoms with Crippen LogP contribution in [-0.4, -0.2) is 37.1 Å². The van der Waals surface area contributed by atoms with Crippen molar-refractivity contribution in [3.05, 3.63) is 41.2 Å². The highest BCUT2D eigenvalue weighted by molar-refractivity contribution is 5.87. The zero-order chi connectivity index (χ0) is 16.5. The Hall–Kier alpha value is -2.70. The van der Waals surface area contributed by atoms with Crippen LogP contribution in [-0.2, 0) is 16.6 Å². The molecule has 7 heteroatoms. The minimum atomic E-state index is -1.13. The smallest absolute Gasteiger partial charge is 0.358 e. The van der Waals surface area contributed by atoms with Gasteiger partial charge < -0.3 is 10.2 Å².